The van der Waals surface area contributed by atoms with E-state index in [1.54, 1.807) is 0 Å². The molecule has 0 rings (SSSR count). The highest BCUT2D eigenvalue weighted by Crippen LogP contribution is 2.16. The van der Waals surface area contributed by atoms with Crippen molar-refractivity contribution in [3.8, 4) is 0 Å². The molecule has 112 valence electrons. The summed E-state index contributed by atoms with van der Waals surface area (Å²) in [7, 11) is 0. The Balaban J connectivity index is 4.16. The first-order valence-corrected chi connectivity index (χ1v) is 7.99. The second-order valence-corrected chi connectivity index (χ2v) is 5.17. The van der Waals surface area contributed by atoms with Crippen LogP contribution in [0.2, 0.25) is 0 Å². The Hall–Kier alpha value is -0.790. The Morgan fingerprint density at radius 2 is 1.95 bits per heavy atom. The highest BCUT2D eigenvalue weighted by Gasteiger charge is 2.07. The number of rotatable bonds is 11. The molecule has 0 radical (unpaired) electrons. The zero-order valence-corrected chi connectivity index (χ0v) is 13.7. The van der Waals surface area contributed by atoms with Gasteiger partial charge in [-0.05, 0) is 32.3 Å². The third kappa shape index (κ3) is 9.75. The van der Waals surface area contributed by atoms with Gasteiger partial charge in [0.05, 0.1) is 12.4 Å². The maximum atomic E-state index is 5.98. The van der Waals surface area contributed by atoms with Crippen LogP contribution in [0.4, 0.5) is 0 Å². The van der Waals surface area contributed by atoms with Crippen molar-refractivity contribution < 1.29 is 4.74 Å². The molecular formula is C17H33NO. The average Bonchev–Trinajstić information content (AvgIpc) is 2.42. The predicted molar refractivity (Wildman–Crippen MR) is 85.9 cm³/mol. The maximum absolute atomic E-state index is 5.98. The second-order valence-electron chi connectivity index (χ2n) is 5.17. The molecule has 2 nitrogen and oxygen atoms in total. The monoisotopic (exact) mass is 267 g/mol. The van der Waals surface area contributed by atoms with Crippen molar-refractivity contribution in [3.05, 3.63) is 11.8 Å². The summed E-state index contributed by atoms with van der Waals surface area (Å²) < 4.78 is 5.98. The number of ether oxygens (including phenoxy) is 1. The van der Waals surface area contributed by atoms with Gasteiger partial charge in [0.15, 0.2) is 0 Å². The summed E-state index contributed by atoms with van der Waals surface area (Å²) >= 11 is 0. The van der Waals surface area contributed by atoms with Crippen LogP contribution < -0.4 is 0 Å². The lowest BCUT2D eigenvalue weighted by Crippen LogP contribution is -2.09. The smallest absolute Gasteiger partial charge is 0.0921 e. The fraction of sp³-hybridized carbons (Fsp3) is 0.824. The number of unbranched alkanes of at least 4 members (excludes halogenated alkanes) is 1. The van der Waals surface area contributed by atoms with Crippen molar-refractivity contribution in [3.63, 3.8) is 0 Å². The van der Waals surface area contributed by atoms with Crippen LogP contribution in [0, 0.1) is 5.92 Å². The molecule has 0 fully saturated rings. The molecule has 1 atom stereocenters. The molecule has 0 amide bonds. The highest BCUT2D eigenvalue weighted by atomic mass is 16.5. The molecule has 0 aromatic rings. The van der Waals surface area contributed by atoms with E-state index in [0.717, 1.165) is 31.8 Å². The molecule has 0 aromatic heterocycles. The zero-order valence-electron chi connectivity index (χ0n) is 13.7. The molecule has 0 bridgehead atoms. The molecule has 2 heteroatoms. The Morgan fingerprint density at radius 3 is 2.47 bits per heavy atom. The summed E-state index contributed by atoms with van der Waals surface area (Å²) in [6.45, 7) is 12.6. The average molecular weight is 267 g/mol. The van der Waals surface area contributed by atoms with Gasteiger partial charge < -0.3 is 4.74 Å². The van der Waals surface area contributed by atoms with Crippen LogP contribution in [0.5, 0.6) is 0 Å². The molecule has 0 saturated heterocycles. The predicted octanol–water partition coefficient (Wildman–Crippen LogP) is 5.38. The van der Waals surface area contributed by atoms with E-state index in [4.69, 9.17) is 4.74 Å². The van der Waals surface area contributed by atoms with Crippen LogP contribution in [0.3, 0.4) is 0 Å². The number of aliphatic imine (C=N–C) groups is 1. The van der Waals surface area contributed by atoms with Gasteiger partial charge in [-0.25, -0.2) is 0 Å². The Bertz CT molecular complexity index is 268. The van der Waals surface area contributed by atoms with E-state index >= 15 is 0 Å². The van der Waals surface area contributed by atoms with Gasteiger partial charge in [0.25, 0.3) is 0 Å². The minimum absolute atomic E-state index is 0.709. The molecule has 0 aliphatic rings. The lowest BCUT2D eigenvalue weighted by Gasteiger charge is -2.17. The van der Waals surface area contributed by atoms with E-state index in [0.29, 0.717) is 5.92 Å². The number of hydrogen-bond donors (Lipinski definition) is 0. The Labute approximate surface area is 120 Å². The molecule has 0 spiro atoms. The van der Waals surface area contributed by atoms with Crippen molar-refractivity contribution >= 4 is 5.71 Å². The van der Waals surface area contributed by atoms with Crippen LogP contribution in [0.25, 0.3) is 0 Å². The summed E-state index contributed by atoms with van der Waals surface area (Å²) in [5.41, 5.74) is 1.19. The first kappa shape index (κ1) is 18.2. The van der Waals surface area contributed by atoms with Crippen LogP contribution in [0.15, 0.2) is 16.8 Å². The van der Waals surface area contributed by atoms with E-state index in [9.17, 15) is 0 Å². The van der Waals surface area contributed by atoms with E-state index in [-0.39, 0.29) is 0 Å². The van der Waals surface area contributed by atoms with E-state index in [2.05, 4.69) is 45.7 Å². The molecule has 0 saturated carbocycles. The molecule has 19 heavy (non-hydrogen) atoms. The van der Waals surface area contributed by atoms with Gasteiger partial charge in [-0.2, -0.15) is 0 Å². The molecule has 0 aliphatic carbocycles. The molecule has 0 aliphatic heterocycles. The minimum Gasteiger partial charge on any atom is -0.498 e. The summed E-state index contributed by atoms with van der Waals surface area (Å²) in [5, 5.41) is 0. The van der Waals surface area contributed by atoms with Crippen LogP contribution >= 0.6 is 0 Å². The largest absolute Gasteiger partial charge is 0.498 e. The van der Waals surface area contributed by atoms with Gasteiger partial charge in [-0.3, -0.25) is 4.99 Å². The van der Waals surface area contributed by atoms with Crippen molar-refractivity contribution in [2.24, 2.45) is 10.9 Å². The third-order valence-electron chi connectivity index (χ3n) is 3.45. The first-order chi connectivity index (χ1) is 9.17. The third-order valence-corrected chi connectivity index (χ3v) is 3.45. The fourth-order valence-corrected chi connectivity index (χ4v) is 2.02. The van der Waals surface area contributed by atoms with E-state index in [1.807, 2.05) is 0 Å². The zero-order chi connectivity index (χ0) is 14.5. The highest BCUT2D eigenvalue weighted by molar-refractivity contribution is 5.83. The van der Waals surface area contributed by atoms with Crippen LogP contribution in [-0.2, 0) is 4.74 Å². The summed E-state index contributed by atoms with van der Waals surface area (Å²) in [6, 6.07) is 0. The van der Waals surface area contributed by atoms with Crippen molar-refractivity contribution in [1.29, 1.82) is 0 Å². The van der Waals surface area contributed by atoms with Gasteiger partial charge in [0, 0.05) is 25.1 Å². The lowest BCUT2D eigenvalue weighted by molar-refractivity contribution is 0.150. The quantitative estimate of drug-likeness (QED) is 0.363. The SMILES string of the molecule is CCCCC(CC)COC(=CCC(C)=NCC)CC. The number of allylic oxidation sites excluding steroid dienone is 2. The normalized spacial score (nSPS) is 14.6. The number of nitrogens with zero attached hydrogens (tertiary/aromatic N) is 1. The van der Waals surface area contributed by atoms with Gasteiger partial charge in [0.2, 0.25) is 0 Å². The Morgan fingerprint density at radius 1 is 1.21 bits per heavy atom. The lowest BCUT2D eigenvalue weighted by atomic mass is 10.0. The van der Waals surface area contributed by atoms with Crippen molar-refractivity contribution in [2.75, 3.05) is 13.2 Å². The molecule has 0 aromatic carbocycles. The summed E-state index contributed by atoms with van der Waals surface area (Å²) in [4.78, 5) is 4.40. The standard InChI is InChI=1S/C17H33NO/c1-6-10-11-16(7-2)14-19-17(8-3)13-12-15(5)18-9-4/h13,16H,6-12,14H2,1-5H3. The molecular weight excluding hydrogens is 234 g/mol. The van der Waals surface area contributed by atoms with Gasteiger partial charge in [-0.15, -0.1) is 0 Å². The van der Waals surface area contributed by atoms with Crippen LogP contribution in [-0.4, -0.2) is 18.9 Å². The van der Waals surface area contributed by atoms with Crippen molar-refractivity contribution in [1.82, 2.24) is 0 Å². The van der Waals surface area contributed by atoms with E-state index < -0.39 is 0 Å². The Kier molecular flexibility index (Phi) is 11.7. The summed E-state index contributed by atoms with van der Waals surface area (Å²) in [6.07, 6.45) is 9.19. The maximum Gasteiger partial charge on any atom is 0.0921 e. The van der Waals surface area contributed by atoms with Gasteiger partial charge in [0.1, 0.15) is 0 Å². The topological polar surface area (TPSA) is 21.6 Å². The number of hydrogen-bond acceptors (Lipinski definition) is 2. The molecule has 1 unspecified atom stereocenters. The van der Waals surface area contributed by atoms with E-state index in [1.165, 1.54) is 31.4 Å². The molecule has 0 N–H and O–H groups in total. The second kappa shape index (κ2) is 12.3. The van der Waals surface area contributed by atoms with Gasteiger partial charge in [-0.1, -0.05) is 40.0 Å². The van der Waals surface area contributed by atoms with Crippen molar-refractivity contribution in [2.45, 2.75) is 73.1 Å². The minimum atomic E-state index is 0.709. The summed E-state index contributed by atoms with van der Waals surface area (Å²) in [5.74, 6) is 1.83. The molecule has 0 heterocycles. The van der Waals surface area contributed by atoms with Crippen LogP contribution in [0.1, 0.15) is 73.1 Å². The van der Waals surface area contributed by atoms with Gasteiger partial charge >= 0.3 is 0 Å². The first-order valence-electron chi connectivity index (χ1n) is 7.99. The fourth-order valence-electron chi connectivity index (χ4n) is 2.02.